The van der Waals surface area contributed by atoms with E-state index in [-0.39, 0.29) is 12.5 Å². The lowest BCUT2D eigenvalue weighted by Crippen LogP contribution is -2.30. The van der Waals surface area contributed by atoms with Crippen LogP contribution in [0.4, 0.5) is 5.69 Å². The summed E-state index contributed by atoms with van der Waals surface area (Å²) < 4.78 is 0. The second kappa shape index (κ2) is 7.14. The zero-order valence-electron chi connectivity index (χ0n) is 12.4. The smallest absolute Gasteiger partial charge is 0.236 e. The van der Waals surface area contributed by atoms with E-state index >= 15 is 0 Å². The molecule has 0 bridgehead atoms. The Balaban J connectivity index is 2.66. The molecule has 0 radical (unpaired) electrons. The summed E-state index contributed by atoms with van der Waals surface area (Å²) in [6.07, 6.45) is 0. The van der Waals surface area contributed by atoms with Crippen LogP contribution < -0.4 is 16.0 Å². The van der Waals surface area contributed by atoms with E-state index in [1.807, 2.05) is 18.0 Å². The third kappa shape index (κ3) is 5.30. The van der Waals surface area contributed by atoms with Crippen LogP contribution in [0, 0.1) is 12.8 Å². The molecule has 0 atom stereocenters. The molecule has 0 aromatic heterocycles. The highest BCUT2D eigenvalue weighted by Crippen LogP contribution is 2.19. The van der Waals surface area contributed by atoms with Crippen molar-refractivity contribution < 1.29 is 4.79 Å². The molecule has 0 aliphatic carbocycles. The molecule has 1 amide bonds. The van der Waals surface area contributed by atoms with E-state index in [0.29, 0.717) is 5.92 Å². The van der Waals surface area contributed by atoms with Crippen molar-refractivity contribution in [3.8, 4) is 0 Å². The van der Waals surface area contributed by atoms with Crippen LogP contribution in [0.15, 0.2) is 18.2 Å². The number of anilines is 1. The first kappa shape index (κ1) is 15.5. The molecule has 0 spiro atoms. The highest BCUT2D eigenvalue weighted by atomic mass is 16.1. The first-order valence-electron chi connectivity index (χ1n) is 6.70. The minimum Gasteiger partial charge on any atom is -0.368 e. The van der Waals surface area contributed by atoms with Gasteiger partial charge in [-0.25, -0.2) is 0 Å². The maximum absolute atomic E-state index is 10.9. The Labute approximate surface area is 116 Å². The lowest BCUT2D eigenvalue weighted by molar-refractivity contribution is -0.116. The highest BCUT2D eigenvalue weighted by Gasteiger charge is 2.07. The topological polar surface area (TPSA) is 58.4 Å². The first-order valence-corrected chi connectivity index (χ1v) is 6.70. The number of aryl methyl sites for hydroxylation is 1. The molecule has 106 valence electrons. The monoisotopic (exact) mass is 263 g/mol. The van der Waals surface area contributed by atoms with Gasteiger partial charge in [0.25, 0.3) is 0 Å². The number of nitrogens with two attached hydrogens (primary N) is 1. The highest BCUT2D eigenvalue weighted by molar-refractivity contribution is 5.79. The number of carbonyl (C=O) groups excluding carboxylic acids is 1. The van der Waals surface area contributed by atoms with Gasteiger partial charge >= 0.3 is 0 Å². The Morgan fingerprint density at radius 1 is 1.42 bits per heavy atom. The third-order valence-corrected chi connectivity index (χ3v) is 2.95. The number of likely N-dealkylation sites (N-methyl/N-ethyl adjacent to an activating group) is 1. The van der Waals surface area contributed by atoms with Gasteiger partial charge in [-0.2, -0.15) is 0 Å². The van der Waals surface area contributed by atoms with Crippen molar-refractivity contribution in [2.75, 3.05) is 25.0 Å². The second-order valence-electron chi connectivity index (χ2n) is 5.47. The molecule has 1 aromatic rings. The van der Waals surface area contributed by atoms with Crippen molar-refractivity contribution in [1.29, 1.82) is 0 Å². The molecular weight excluding hydrogens is 238 g/mol. The summed E-state index contributed by atoms with van der Waals surface area (Å²) in [6.45, 7) is 8.58. The molecule has 1 aromatic carbocycles. The van der Waals surface area contributed by atoms with Gasteiger partial charge in [-0.1, -0.05) is 26.0 Å². The van der Waals surface area contributed by atoms with E-state index in [9.17, 15) is 4.79 Å². The maximum atomic E-state index is 10.9. The summed E-state index contributed by atoms with van der Waals surface area (Å²) in [5.74, 6) is 0.339. The zero-order valence-corrected chi connectivity index (χ0v) is 12.4. The van der Waals surface area contributed by atoms with Crippen molar-refractivity contribution >= 4 is 11.6 Å². The quantitative estimate of drug-likeness (QED) is 0.786. The SMILES string of the molecule is Cc1cc(CNCC(C)C)ccc1N(C)CC(N)=O. The van der Waals surface area contributed by atoms with Crippen LogP contribution in [0.1, 0.15) is 25.0 Å². The number of hydrogen-bond acceptors (Lipinski definition) is 3. The van der Waals surface area contributed by atoms with Crippen molar-refractivity contribution in [2.45, 2.75) is 27.3 Å². The predicted molar refractivity (Wildman–Crippen MR) is 80.2 cm³/mol. The Morgan fingerprint density at radius 2 is 2.11 bits per heavy atom. The average molecular weight is 263 g/mol. The molecule has 3 N–H and O–H groups in total. The van der Waals surface area contributed by atoms with Gasteiger partial charge < -0.3 is 16.0 Å². The molecule has 0 saturated heterocycles. The number of amides is 1. The summed E-state index contributed by atoms with van der Waals surface area (Å²) in [5, 5.41) is 3.42. The lowest BCUT2D eigenvalue weighted by Gasteiger charge is -2.20. The largest absolute Gasteiger partial charge is 0.368 e. The van der Waals surface area contributed by atoms with Crippen molar-refractivity contribution in [2.24, 2.45) is 11.7 Å². The van der Waals surface area contributed by atoms with Gasteiger partial charge in [0.2, 0.25) is 5.91 Å². The fourth-order valence-corrected chi connectivity index (χ4v) is 2.08. The maximum Gasteiger partial charge on any atom is 0.236 e. The van der Waals surface area contributed by atoms with Gasteiger partial charge in [0.05, 0.1) is 6.54 Å². The van der Waals surface area contributed by atoms with Crippen molar-refractivity contribution in [3.63, 3.8) is 0 Å². The minimum atomic E-state index is -0.315. The van der Waals surface area contributed by atoms with Crippen LogP contribution in [0.3, 0.4) is 0 Å². The standard InChI is InChI=1S/C15H25N3O/c1-11(2)8-17-9-13-5-6-14(12(3)7-13)18(4)10-15(16)19/h5-7,11,17H,8-10H2,1-4H3,(H2,16,19). The number of nitrogens with zero attached hydrogens (tertiary/aromatic N) is 1. The fraction of sp³-hybridized carbons (Fsp3) is 0.533. The second-order valence-corrected chi connectivity index (χ2v) is 5.47. The summed E-state index contributed by atoms with van der Waals surface area (Å²) in [7, 11) is 1.88. The molecule has 0 aliphatic rings. The van der Waals surface area contributed by atoms with Gasteiger partial charge in [0.1, 0.15) is 0 Å². The Hall–Kier alpha value is -1.55. The molecule has 0 fully saturated rings. The van der Waals surface area contributed by atoms with Gasteiger partial charge in [0, 0.05) is 19.3 Å². The Morgan fingerprint density at radius 3 is 2.63 bits per heavy atom. The molecule has 4 nitrogen and oxygen atoms in total. The lowest BCUT2D eigenvalue weighted by atomic mass is 10.1. The van der Waals surface area contributed by atoms with E-state index < -0.39 is 0 Å². The number of primary amides is 1. The van der Waals surface area contributed by atoms with E-state index in [2.05, 4.69) is 38.2 Å². The Kier molecular flexibility index (Phi) is 5.83. The number of benzene rings is 1. The predicted octanol–water partition coefficient (Wildman–Crippen LogP) is 1.66. The Bertz CT molecular complexity index is 429. The molecule has 0 heterocycles. The van der Waals surface area contributed by atoms with Crippen LogP contribution >= 0.6 is 0 Å². The molecule has 1 rings (SSSR count). The number of carbonyl (C=O) groups is 1. The normalized spacial score (nSPS) is 10.8. The molecule has 0 unspecified atom stereocenters. The van der Waals surface area contributed by atoms with Gasteiger partial charge in [-0.15, -0.1) is 0 Å². The molecule has 0 aliphatic heterocycles. The number of nitrogens with one attached hydrogen (secondary N) is 1. The average Bonchev–Trinajstić information content (AvgIpc) is 2.27. The summed E-state index contributed by atoms with van der Waals surface area (Å²) in [5.41, 5.74) is 8.68. The van der Waals surface area contributed by atoms with Crippen molar-refractivity contribution in [3.05, 3.63) is 29.3 Å². The van der Waals surface area contributed by atoms with Crippen LogP contribution in [0.2, 0.25) is 0 Å². The molecule has 0 saturated carbocycles. The third-order valence-electron chi connectivity index (χ3n) is 2.95. The fourth-order valence-electron chi connectivity index (χ4n) is 2.08. The van der Waals surface area contributed by atoms with E-state index in [4.69, 9.17) is 5.73 Å². The first-order chi connectivity index (χ1) is 8.90. The number of rotatable bonds is 7. The summed E-state index contributed by atoms with van der Waals surface area (Å²) >= 11 is 0. The van der Waals surface area contributed by atoms with Crippen molar-refractivity contribution in [1.82, 2.24) is 5.32 Å². The van der Waals surface area contributed by atoms with Crippen LogP contribution in [0.25, 0.3) is 0 Å². The molecule has 19 heavy (non-hydrogen) atoms. The summed E-state index contributed by atoms with van der Waals surface area (Å²) in [4.78, 5) is 12.8. The van der Waals surface area contributed by atoms with Gasteiger partial charge in [-0.3, -0.25) is 4.79 Å². The molecular formula is C15H25N3O. The van der Waals surface area contributed by atoms with Crippen LogP contribution in [-0.4, -0.2) is 26.0 Å². The van der Waals surface area contributed by atoms with Crippen LogP contribution in [0.5, 0.6) is 0 Å². The summed E-state index contributed by atoms with van der Waals surface area (Å²) in [6, 6.07) is 6.29. The number of hydrogen-bond donors (Lipinski definition) is 2. The van der Waals surface area contributed by atoms with Gasteiger partial charge in [0.15, 0.2) is 0 Å². The molecule has 4 heteroatoms. The van der Waals surface area contributed by atoms with Gasteiger partial charge in [-0.05, 0) is 36.6 Å². The zero-order chi connectivity index (χ0) is 14.4. The van der Waals surface area contributed by atoms with Crippen LogP contribution in [-0.2, 0) is 11.3 Å². The van der Waals surface area contributed by atoms with E-state index in [1.54, 1.807) is 0 Å². The minimum absolute atomic E-state index is 0.242. The van der Waals surface area contributed by atoms with E-state index in [0.717, 1.165) is 24.3 Å². The van der Waals surface area contributed by atoms with E-state index in [1.165, 1.54) is 5.56 Å².